The molecule has 5 rings (SSSR count). The van der Waals surface area contributed by atoms with Gasteiger partial charge in [-0.15, -0.1) is 0 Å². The van der Waals surface area contributed by atoms with Crippen molar-refractivity contribution in [3.63, 3.8) is 0 Å². The van der Waals surface area contributed by atoms with E-state index in [9.17, 15) is 9.59 Å². The molecular weight excluding hydrogens is 619 g/mol. The van der Waals surface area contributed by atoms with Crippen LogP contribution in [0.5, 0.6) is 0 Å². The van der Waals surface area contributed by atoms with Gasteiger partial charge in [0.1, 0.15) is 0 Å². The van der Waals surface area contributed by atoms with Crippen molar-refractivity contribution in [1.82, 2.24) is 9.88 Å². The van der Waals surface area contributed by atoms with Crippen molar-refractivity contribution in [1.29, 1.82) is 0 Å². The van der Waals surface area contributed by atoms with Crippen LogP contribution in [0.25, 0.3) is 10.2 Å². The third kappa shape index (κ3) is 10.5. The average Bonchev–Trinajstić information content (AvgIpc) is 3.46. The van der Waals surface area contributed by atoms with E-state index in [-0.39, 0.29) is 0 Å². The largest absolute Gasteiger partial charge is 0.478 e. The summed E-state index contributed by atoms with van der Waals surface area (Å²) >= 11 is 14.1. The Balaban J connectivity index is 0.000000488. The molecule has 0 saturated carbocycles. The van der Waals surface area contributed by atoms with E-state index < -0.39 is 11.9 Å². The molecule has 0 aliphatic carbocycles. The number of hydrogen-bond donors (Lipinski definition) is 2. The smallest absolute Gasteiger partial charge is 0.328 e. The summed E-state index contributed by atoms with van der Waals surface area (Å²) in [5.41, 5.74) is 3.59. The summed E-state index contributed by atoms with van der Waals surface area (Å²) in [5.74, 6) is -2.51. The lowest BCUT2D eigenvalue weighted by atomic mass is 10.2. The second-order valence-corrected chi connectivity index (χ2v) is 12.2. The summed E-state index contributed by atoms with van der Waals surface area (Å²) in [4.78, 5) is 31.5. The Hall–Kier alpha value is -3.63. The summed E-state index contributed by atoms with van der Waals surface area (Å²) in [6.07, 6.45) is 4.74. The van der Waals surface area contributed by atoms with Crippen LogP contribution in [0.15, 0.2) is 84.9 Å². The van der Waals surface area contributed by atoms with Crippen LogP contribution in [-0.4, -0.2) is 71.3 Å². The Morgan fingerprint density at radius 2 is 1.52 bits per heavy atom. The van der Waals surface area contributed by atoms with Gasteiger partial charge in [-0.3, -0.25) is 4.90 Å². The van der Waals surface area contributed by atoms with E-state index >= 15 is 0 Å². The minimum Gasteiger partial charge on any atom is -0.478 e. The molecule has 1 aromatic heterocycles. The van der Waals surface area contributed by atoms with Crippen LogP contribution < -0.4 is 9.80 Å². The minimum absolute atomic E-state index is 0.558. The lowest BCUT2D eigenvalue weighted by Crippen LogP contribution is -2.46. The van der Waals surface area contributed by atoms with Crippen molar-refractivity contribution >= 4 is 67.5 Å². The molecule has 0 atom stereocenters. The number of carboxylic acids is 2. The van der Waals surface area contributed by atoms with Crippen molar-refractivity contribution in [2.45, 2.75) is 25.8 Å². The zero-order chi connectivity index (χ0) is 31.3. The van der Waals surface area contributed by atoms with Crippen LogP contribution in [-0.2, 0) is 16.1 Å². The van der Waals surface area contributed by atoms with Gasteiger partial charge in [0, 0.05) is 57.1 Å². The van der Waals surface area contributed by atoms with Crippen molar-refractivity contribution in [3.05, 3.63) is 101 Å². The molecule has 0 amide bonds. The van der Waals surface area contributed by atoms with Gasteiger partial charge in [-0.2, -0.15) is 0 Å². The van der Waals surface area contributed by atoms with Crippen molar-refractivity contribution in [3.8, 4) is 0 Å². The molecule has 1 saturated heterocycles. The molecule has 2 heterocycles. The molecule has 1 aliphatic heterocycles. The molecule has 1 aliphatic rings. The van der Waals surface area contributed by atoms with E-state index in [2.05, 4.69) is 75.4 Å². The minimum atomic E-state index is -1.26. The van der Waals surface area contributed by atoms with Gasteiger partial charge < -0.3 is 20.0 Å². The Morgan fingerprint density at radius 1 is 0.841 bits per heavy atom. The molecule has 0 unspecified atom stereocenters. The second kappa shape index (κ2) is 17.0. The van der Waals surface area contributed by atoms with Crippen LogP contribution in [0, 0.1) is 0 Å². The van der Waals surface area contributed by atoms with Crippen molar-refractivity contribution in [2.75, 3.05) is 49.1 Å². The van der Waals surface area contributed by atoms with E-state index in [4.69, 9.17) is 38.4 Å². The molecule has 8 nitrogen and oxygen atoms in total. The van der Waals surface area contributed by atoms with Crippen LogP contribution in [0.4, 0.5) is 10.8 Å². The van der Waals surface area contributed by atoms with E-state index in [0.717, 1.165) is 62.1 Å². The number of benzene rings is 3. The molecule has 1 fully saturated rings. The highest BCUT2D eigenvalue weighted by atomic mass is 35.5. The zero-order valence-corrected chi connectivity index (χ0v) is 26.6. The van der Waals surface area contributed by atoms with Crippen LogP contribution >= 0.6 is 34.5 Å². The molecule has 0 radical (unpaired) electrons. The fourth-order valence-electron chi connectivity index (χ4n) is 4.91. The third-order valence-electron chi connectivity index (χ3n) is 7.18. The molecule has 232 valence electrons. The van der Waals surface area contributed by atoms with Gasteiger partial charge in [-0.25, -0.2) is 14.6 Å². The van der Waals surface area contributed by atoms with Crippen LogP contribution in [0.2, 0.25) is 10.0 Å². The summed E-state index contributed by atoms with van der Waals surface area (Å²) < 4.78 is 1.26. The molecule has 0 spiro atoms. The summed E-state index contributed by atoms with van der Waals surface area (Å²) in [6, 6.07) is 25.1. The lowest BCUT2D eigenvalue weighted by molar-refractivity contribution is -0.134. The number of piperazine rings is 1. The lowest BCUT2D eigenvalue weighted by Gasteiger charge is -2.36. The molecule has 0 bridgehead atoms. The van der Waals surface area contributed by atoms with Crippen molar-refractivity contribution < 1.29 is 19.8 Å². The normalized spacial score (nSPS) is 13.5. The number of anilines is 2. The van der Waals surface area contributed by atoms with Gasteiger partial charge >= 0.3 is 11.9 Å². The SMILES string of the molecule is Clc1ccc(N2CCN(CCCCCN(Cc3ccccc3)c3nc4ccccc4s3)CC2)cc1Cl.O=C(O)C=CC(=O)O. The van der Waals surface area contributed by atoms with E-state index in [1.807, 2.05) is 12.1 Å². The summed E-state index contributed by atoms with van der Waals surface area (Å²) in [6.45, 7) is 7.32. The maximum absolute atomic E-state index is 9.55. The number of rotatable bonds is 12. The number of carbonyl (C=O) groups is 2. The quantitative estimate of drug-likeness (QED) is 0.121. The highest BCUT2D eigenvalue weighted by molar-refractivity contribution is 7.22. The molecular formula is C33H36Cl2N4O4S. The first-order chi connectivity index (χ1) is 21.3. The number of aromatic nitrogens is 1. The number of nitrogens with zero attached hydrogens (tertiary/aromatic N) is 4. The highest BCUT2D eigenvalue weighted by Crippen LogP contribution is 2.30. The molecule has 11 heteroatoms. The first kappa shape index (κ1) is 33.3. The van der Waals surface area contributed by atoms with E-state index in [1.165, 1.54) is 29.5 Å². The monoisotopic (exact) mass is 654 g/mol. The van der Waals surface area contributed by atoms with Gasteiger partial charge in [0.15, 0.2) is 5.13 Å². The molecule has 3 aromatic carbocycles. The third-order valence-corrected chi connectivity index (χ3v) is 9.02. The number of unbranched alkanes of at least 4 members (excludes halogenated alkanes) is 2. The Bertz CT molecular complexity index is 1490. The number of para-hydroxylation sites is 1. The standard InChI is InChI=1S/C29H32Cl2N4S.C4H4O4/c30-25-14-13-24(21-26(25)31)34-19-17-33(18-20-34)15-7-2-8-16-35(22-23-9-3-1-4-10-23)29-32-27-11-5-6-12-28(27)36-29;5-3(6)1-2-4(7)8/h1,3-6,9-14,21H,2,7-8,15-20,22H2;1-2H,(H,5,6)(H,7,8). The maximum Gasteiger partial charge on any atom is 0.328 e. The van der Waals surface area contributed by atoms with Crippen LogP contribution in [0.3, 0.4) is 0 Å². The van der Waals surface area contributed by atoms with Gasteiger partial charge in [0.25, 0.3) is 0 Å². The molecule has 4 aromatic rings. The second-order valence-electron chi connectivity index (χ2n) is 10.4. The van der Waals surface area contributed by atoms with Gasteiger partial charge in [-0.05, 0) is 55.3 Å². The highest BCUT2D eigenvalue weighted by Gasteiger charge is 2.18. The first-order valence-corrected chi connectivity index (χ1v) is 16.1. The van der Waals surface area contributed by atoms with Crippen molar-refractivity contribution in [2.24, 2.45) is 0 Å². The number of aliphatic carboxylic acids is 2. The van der Waals surface area contributed by atoms with E-state index in [1.54, 1.807) is 11.3 Å². The van der Waals surface area contributed by atoms with E-state index in [0.29, 0.717) is 22.2 Å². The number of carboxylic acid groups (broad SMARTS) is 2. The Morgan fingerprint density at radius 3 is 2.18 bits per heavy atom. The number of fused-ring (bicyclic) bond motifs is 1. The summed E-state index contributed by atoms with van der Waals surface area (Å²) in [7, 11) is 0. The average molecular weight is 656 g/mol. The first-order valence-electron chi connectivity index (χ1n) is 14.5. The fourth-order valence-corrected chi connectivity index (χ4v) is 6.19. The Labute approximate surface area is 271 Å². The van der Waals surface area contributed by atoms with Gasteiger partial charge in [0.05, 0.1) is 20.3 Å². The van der Waals surface area contributed by atoms with Gasteiger partial charge in [-0.1, -0.05) is 83.4 Å². The number of thiazole rings is 1. The van der Waals surface area contributed by atoms with Crippen LogP contribution in [0.1, 0.15) is 24.8 Å². The Kier molecular flexibility index (Phi) is 12.9. The molecule has 2 N–H and O–H groups in total. The maximum atomic E-state index is 9.55. The van der Waals surface area contributed by atoms with Gasteiger partial charge in [0.2, 0.25) is 0 Å². The summed E-state index contributed by atoms with van der Waals surface area (Å²) in [5, 5.41) is 18.0. The zero-order valence-electron chi connectivity index (χ0n) is 24.3. The predicted molar refractivity (Wildman–Crippen MR) is 180 cm³/mol. The number of halogens is 2. The predicted octanol–water partition coefficient (Wildman–Crippen LogP) is 7.31. The fraction of sp³-hybridized carbons (Fsp3) is 0.303. The number of hydrogen-bond acceptors (Lipinski definition) is 7. The molecule has 44 heavy (non-hydrogen) atoms. The topological polar surface area (TPSA) is 97.2 Å².